The SMILES string of the molecule is CN1Cc2c(Nc3ccc(NC(=O)CC(F)(F)F)cc3)ccnc2NC1O. The number of pyridine rings is 1. The van der Waals surface area contributed by atoms with Crippen LogP contribution in [-0.4, -0.2) is 40.5 Å². The summed E-state index contributed by atoms with van der Waals surface area (Å²) < 4.78 is 36.6. The molecule has 144 valence electrons. The van der Waals surface area contributed by atoms with Crippen LogP contribution in [0.1, 0.15) is 12.0 Å². The number of benzene rings is 1. The number of aromatic nitrogens is 1. The van der Waals surface area contributed by atoms with Crippen LogP contribution in [0, 0.1) is 0 Å². The van der Waals surface area contributed by atoms with Gasteiger partial charge in [0.2, 0.25) is 5.91 Å². The Kier molecular flexibility index (Phi) is 5.19. The Bertz CT molecular complexity index is 826. The van der Waals surface area contributed by atoms with E-state index in [-0.39, 0.29) is 5.69 Å². The minimum absolute atomic E-state index is 0.274. The molecule has 1 aromatic heterocycles. The van der Waals surface area contributed by atoms with Crippen LogP contribution < -0.4 is 16.0 Å². The Morgan fingerprint density at radius 2 is 1.96 bits per heavy atom. The lowest BCUT2D eigenvalue weighted by molar-refractivity contribution is -0.150. The molecule has 4 N–H and O–H groups in total. The van der Waals surface area contributed by atoms with E-state index in [0.717, 1.165) is 11.3 Å². The van der Waals surface area contributed by atoms with Crippen LogP contribution in [0.3, 0.4) is 0 Å². The topological polar surface area (TPSA) is 89.5 Å². The molecule has 1 unspecified atom stereocenters. The van der Waals surface area contributed by atoms with Crippen molar-refractivity contribution in [2.24, 2.45) is 0 Å². The molecule has 0 bridgehead atoms. The average Bonchev–Trinajstić information content (AvgIpc) is 2.56. The van der Waals surface area contributed by atoms with Crippen LogP contribution in [-0.2, 0) is 11.3 Å². The number of hydrogen-bond donors (Lipinski definition) is 4. The van der Waals surface area contributed by atoms with E-state index < -0.39 is 24.9 Å². The van der Waals surface area contributed by atoms with Gasteiger partial charge in [-0.25, -0.2) is 4.98 Å². The van der Waals surface area contributed by atoms with Gasteiger partial charge in [-0.1, -0.05) is 0 Å². The van der Waals surface area contributed by atoms with Crippen molar-refractivity contribution in [3.63, 3.8) is 0 Å². The Balaban J connectivity index is 1.69. The van der Waals surface area contributed by atoms with Crippen LogP contribution >= 0.6 is 0 Å². The molecule has 0 saturated carbocycles. The van der Waals surface area contributed by atoms with Gasteiger partial charge < -0.3 is 21.1 Å². The number of hydrogen-bond acceptors (Lipinski definition) is 6. The Morgan fingerprint density at radius 3 is 2.63 bits per heavy atom. The summed E-state index contributed by atoms with van der Waals surface area (Å²) in [7, 11) is 1.76. The fourth-order valence-electron chi connectivity index (χ4n) is 2.64. The van der Waals surface area contributed by atoms with Gasteiger partial charge in [0.15, 0.2) is 6.35 Å². The highest BCUT2D eigenvalue weighted by Gasteiger charge is 2.31. The molecular formula is C17H18F3N5O2. The lowest BCUT2D eigenvalue weighted by atomic mass is 10.1. The Labute approximate surface area is 153 Å². The molecule has 1 aliphatic heterocycles. The number of amides is 1. The molecule has 3 rings (SSSR count). The molecule has 1 amide bonds. The molecule has 1 aromatic carbocycles. The molecular weight excluding hydrogens is 363 g/mol. The third-order valence-corrected chi connectivity index (χ3v) is 3.96. The summed E-state index contributed by atoms with van der Waals surface area (Å²) >= 11 is 0. The molecule has 27 heavy (non-hydrogen) atoms. The van der Waals surface area contributed by atoms with Crippen molar-refractivity contribution < 1.29 is 23.1 Å². The number of carbonyl (C=O) groups is 1. The van der Waals surface area contributed by atoms with E-state index in [0.29, 0.717) is 18.1 Å². The number of aliphatic hydroxyl groups is 1. The summed E-state index contributed by atoms with van der Waals surface area (Å²) in [4.78, 5) is 17.2. The van der Waals surface area contributed by atoms with Crippen LogP contribution in [0.4, 0.5) is 36.1 Å². The predicted molar refractivity (Wildman–Crippen MR) is 94.4 cm³/mol. The molecule has 0 aliphatic carbocycles. The van der Waals surface area contributed by atoms with Gasteiger partial charge in [-0.05, 0) is 37.4 Å². The number of anilines is 4. The Hall–Kier alpha value is -2.85. The second-order valence-electron chi connectivity index (χ2n) is 6.16. The highest BCUT2D eigenvalue weighted by atomic mass is 19.4. The van der Waals surface area contributed by atoms with Crippen molar-refractivity contribution in [1.82, 2.24) is 9.88 Å². The van der Waals surface area contributed by atoms with Crippen molar-refractivity contribution in [3.05, 3.63) is 42.1 Å². The van der Waals surface area contributed by atoms with E-state index in [2.05, 4.69) is 20.9 Å². The van der Waals surface area contributed by atoms with Gasteiger partial charge in [0.1, 0.15) is 12.2 Å². The number of nitrogens with one attached hydrogen (secondary N) is 3. The zero-order valence-corrected chi connectivity index (χ0v) is 14.3. The first-order chi connectivity index (χ1) is 12.7. The second-order valence-corrected chi connectivity index (χ2v) is 6.16. The number of carbonyl (C=O) groups excluding carboxylic acids is 1. The van der Waals surface area contributed by atoms with Gasteiger partial charge in [-0.2, -0.15) is 13.2 Å². The molecule has 0 saturated heterocycles. The van der Waals surface area contributed by atoms with Crippen molar-refractivity contribution in [2.75, 3.05) is 23.0 Å². The van der Waals surface area contributed by atoms with Gasteiger partial charge in [-0.15, -0.1) is 0 Å². The maximum Gasteiger partial charge on any atom is 0.397 e. The van der Waals surface area contributed by atoms with Crippen molar-refractivity contribution in [3.8, 4) is 0 Å². The van der Waals surface area contributed by atoms with Gasteiger partial charge >= 0.3 is 6.18 Å². The molecule has 2 heterocycles. The molecule has 1 atom stereocenters. The van der Waals surface area contributed by atoms with Gasteiger partial charge in [-0.3, -0.25) is 9.69 Å². The van der Waals surface area contributed by atoms with Crippen LogP contribution in [0.5, 0.6) is 0 Å². The first-order valence-electron chi connectivity index (χ1n) is 8.08. The second kappa shape index (κ2) is 7.41. The molecule has 1 aliphatic rings. The van der Waals surface area contributed by atoms with Crippen LogP contribution in [0.15, 0.2) is 36.5 Å². The maximum absolute atomic E-state index is 12.2. The average molecular weight is 381 g/mol. The Morgan fingerprint density at radius 1 is 1.30 bits per heavy atom. The minimum Gasteiger partial charge on any atom is -0.361 e. The van der Waals surface area contributed by atoms with Crippen molar-refractivity contribution >= 4 is 28.8 Å². The summed E-state index contributed by atoms with van der Waals surface area (Å²) in [5, 5.41) is 18.1. The molecule has 7 nitrogen and oxygen atoms in total. The maximum atomic E-state index is 12.2. The lowest BCUT2D eigenvalue weighted by Gasteiger charge is -2.32. The first kappa shape index (κ1) is 18.9. The number of rotatable bonds is 4. The van der Waals surface area contributed by atoms with E-state index in [9.17, 15) is 23.1 Å². The summed E-state index contributed by atoms with van der Waals surface area (Å²) in [6.45, 7) is 0.477. The van der Waals surface area contributed by atoms with Gasteiger partial charge in [0.25, 0.3) is 0 Å². The first-order valence-corrected chi connectivity index (χ1v) is 8.08. The predicted octanol–water partition coefficient (Wildman–Crippen LogP) is 2.85. The lowest BCUT2D eigenvalue weighted by Crippen LogP contribution is -2.41. The number of nitrogens with zero attached hydrogens (tertiary/aromatic N) is 2. The van der Waals surface area contributed by atoms with E-state index in [1.54, 1.807) is 36.3 Å². The summed E-state index contributed by atoms with van der Waals surface area (Å²) in [6, 6.07) is 8.09. The molecule has 0 radical (unpaired) electrons. The number of halogens is 3. The van der Waals surface area contributed by atoms with E-state index in [1.165, 1.54) is 12.1 Å². The quantitative estimate of drug-likeness (QED) is 0.651. The van der Waals surface area contributed by atoms with E-state index >= 15 is 0 Å². The van der Waals surface area contributed by atoms with Gasteiger partial charge in [0.05, 0.1) is 0 Å². The molecule has 10 heteroatoms. The van der Waals surface area contributed by atoms with Crippen molar-refractivity contribution in [2.45, 2.75) is 25.5 Å². The smallest absolute Gasteiger partial charge is 0.361 e. The number of alkyl halides is 3. The van der Waals surface area contributed by atoms with E-state index in [4.69, 9.17) is 0 Å². The summed E-state index contributed by atoms with van der Waals surface area (Å²) in [5.74, 6) is -0.541. The van der Waals surface area contributed by atoms with E-state index in [1.807, 2.05) is 0 Å². The fourth-order valence-corrected chi connectivity index (χ4v) is 2.64. The zero-order chi connectivity index (χ0) is 19.6. The van der Waals surface area contributed by atoms with Crippen LogP contribution in [0.2, 0.25) is 0 Å². The largest absolute Gasteiger partial charge is 0.397 e. The zero-order valence-electron chi connectivity index (χ0n) is 14.3. The molecule has 2 aromatic rings. The summed E-state index contributed by atoms with van der Waals surface area (Å²) in [6.07, 6.45) is -5.29. The van der Waals surface area contributed by atoms with Crippen LogP contribution in [0.25, 0.3) is 0 Å². The normalized spacial score (nSPS) is 17.0. The third-order valence-electron chi connectivity index (χ3n) is 3.96. The fraction of sp³-hybridized carbons (Fsp3) is 0.294. The van der Waals surface area contributed by atoms with Crippen molar-refractivity contribution in [1.29, 1.82) is 0 Å². The minimum atomic E-state index is -4.54. The molecule has 0 fully saturated rings. The molecule has 0 spiro atoms. The number of aliphatic hydroxyl groups excluding tert-OH is 1. The van der Waals surface area contributed by atoms with Gasteiger partial charge in [0, 0.05) is 35.4 Å². The number of fused-ring (bicyclic) bond motifs is 1. The standard InChI is InChI=1S/C17H18F3N5O2/c1-25-9-12-13(6-7-21-15(12)24-16(25)27)22-10-2-4-11(5-3-10)23-14(26)8-17(18,19)20/h2-7,16,27H,8-9H2,1H3,(H,23,26)(H2,21,22,24). The summed E-state index contributed by atoms with van der Waals surface area (Å²) in [5.41, 5.74) is 2.61. The monoisotopic (exact) mass is 381 g/mol. The highest BCUT2D eigenvalue weighted by molar-refractivity contribution is 5.91. The third kappa shape index (κ3) is 4.86. The highest BCUT2D eigenvalue weighted by Crippen LogP contribution is 2.30.